The van der Waals surface area contributed by atoms with Crippen molar-refractivity contribution in [1.82, 2.24) is 0 Å². The molecule has 0 amide bonds. The quantitative estimate of drug-likeness (QED) is 0.501. The standard InChI is InChI=1S/C21H32O3/c1-16-7-6-12-21(2,18(16)15-22)13-11-17-8-5-9-19(17)24-20-10-3-4-14-23-20/h8,15,19-20H,3-7,9-14H2,1-2H3/t19-,20+,21-/m0/s1. The molecule has 1 saturated heterocycles. The number of allylic oxidation sites excluding steroid dienone is 3. The van der Waals surface area contributed by atoms with E-state index in [9.17, 15) is 4.79 Å². The number of ether oxygens (including phenoxy) is 2. The minimum Gasteiger partial charge on any atom is -0.353 e. The first-order valence-corrected chi connectivity index (χ1v) is 9.74. The van der Waals surface area contributed by atoms with Gasteiger partial charge in [-0.15, -0.1) is 0 Å². The second-order valence-corrected chi connectivity index (χ2v) is 8.00. The number of hydrogen-bond donors (Lipinski definition) is 0. The maximum atomic E-state index is 11.6. The van der Waals surface area contributed by atoms with Crippen molar-refractivity contribution in [2.24, 2.45) is 5.41 Å². The molecule has 0 aromatic rings. The molecule has 134 valence electrons. The Bertz CT molecular complexity index is 513. The fourth-order valence-electron chi connectivity index (χ4n) is 4.61. The maximum Gasteiger partial charge on any atom is 0.158 e. The van der Waals surface area contributed by atoms with E-state index in [1.54, 1.807) is 0 Å². The minimum atomic E-state index is -0.0109. The molecule has 0 aromatic carbocycles. The molecule has 3 rings (SSSR count). The lowest BCUT2D eigenvalue weighted by Gasteiger charge is -2.36. The lowest BCUT2D eigenvalue weighted by atomic mass is 9.68. The minimum absolute atomic E-state index is 0.0109. The highest BCUT2D eigenvalue weighted by molar-refractivity contribution is 5.77. The molecule has 1 heterocycles. The van der Waals surface area contributed by atoms with Gasteiger partial charge in [-0.1, -0.05) is 18.6 Å². The Morgan fingerprint density at radius 2 is 2.21 bits per heavy atom. The topological polar surface area (TPSA) is 35.5 Å². The summed E-state index contributed by atoms with van der Waals surface area (Å²) in [6.45, 7) is 5.23. The molecule has 3 atom stereocenters. The van der Waals surface area contributed by atoms with Gasteiger partial charge in [-0.3, -0.25) is 4.79 Å². The first-order chi connectivity index (χ1) is 11.6. The van der Waals surface area contributed by atoms with Crippen molar-refractivity contribution in [3.8, 4) is 0 Å². The van der Waals surface area contributed by atoms with Crippen LogP contribution in [0.25, 0.3) is 0 Å². The van der Waals surface area contributed by atoms with Crippen LogP contribution in [0.1, 0.15) is 78.1 Å². The van der Waals surface area contributed by atoms with Crippen LogP contribution >= 0.6 is 0 Å². The second kappa shape index (κ2) is 7.97. The van der Waals surface area contributed by atoms with E-state index < -0.39 is 0 Å². The average molecular weight is 332 g/mol. The Morgan fingerprint density at radius 1 is 1.33 bits per heavy atom. The van der Waals surface area contributed by atoms with Crippen molar-refractivity contribution in [2.75, 3.05) is 6.61 Å². The molecule has 3 nitrogen and oxygen atoms in total. The summed E-state index contributed by atoms with van der Waals surface area (Å²) in [5.74, 6) is 0. The Kier molecular flexibility index (Phi) is 5.93. The van der Waals surface area contributed by atoms with Gasteiger partial charge in [0.1, 0.15) is 6.29 Å². The molecule has 1 fully saturated rings. The summed E-state index contributed by atoms with van der Waals surface area (Å²) in [6, 6.07) is 0. The van der Waals surface area contributed by atoms with Crippen LogP contribution in [0.15, 0.2) is 22.8 Å². The van der Waals surface area contributed by atoms with E-state index in [4.69, 9.17) is 9.47 Å². The van der Waals surface area contributed by atoms with Crippen molar-refractivity contribution in [3.05, 3.63) is 22.8 Å². The van der Waals surface area contributed by atoms with E-state index in [0.717, 1.165) is 69.8 Å². The summed E-state index contributed by atoms with van der Waals surface area (Å²) in [4.78, 5) is 11.6. The summed E-state index contributed by atoms with van der Waals surface area (Å²) in [6.07, 6.45) is 14.8. The Balaban J connectivity index is 1.58. The average Bonchev–Trinajstić information content (AvgIpc) is 3.01. The summed E-state index contributed by atoms with van der Waals surface area (Å²) in [7, 11) is 0. The lowest BCUT2D eigenvalue weighted by Crippen LogP contribution is -2.29. The van der Waals surface area contributed by atoms with Gasteiger partial charge in [0, 0.05) is 6.61 Å². The van der Waals surface area contributed by atoms with Crippen LogP contribution in [0.2, 0.25) is 0 Å². The van der Waals surface area contributed by atoms with E-state index in [-0.39, 0.29) is 17.8 Å². The number of hydrogen-bond acceptors (Lipinski definition) is 3. The summed E-state index contributed by atoms with van der Waals surface area (Å²) >= 11 is 0. The van der Waals surface area contributed by atoms with E-state index in [1.807, 2.05) is 0 Å². The Labute approximate surface area is 146 Å². The van der Waals surface area contributed by atoms with Gasteiger partial charge in [0.05, 0.1) is 6.10 Å². The SMILES string of the molecule is CC1=C(C=O)[C@](C)(CCC2=CCC[C@@H]2O[C@@H]2CCCCO2)CCC1. The van der Waals surface area contributed by atoms with Gasteiger partial charge in [0.25, 0.3) is 0 Å². The normalized spacial score (nSPS) is 34.3. The smallest absolute Gasteiger partial charge is 0.158 e. The predicted octanol–water partition coefficient (Wildman–Crippen LogP) is 5.10. The van der Waals surface area contributed by atoms with Crippen LogP contribution < -0.4 is 0 Å². The van der Waals surface area contributed by atoms with Crippen LogP contribution in [-0.2, 0) is 14.3 Å². The molecule has 0 radical (unpaired) electrons. The van der Waals surface area contributed by atoms with Gasteiger partial charge in [-0.25, -0.2) is 0 Å². The second-order valence-electron chi connectivity index (χ2n) is 8.00. The van der Waals surface area contributed by atoms with Gasteiger partial charge < -0.3 is 9.47 Å². The van der Waals surface area contributed by atoms with Crippen molar-refractivity contribution in [2.45, 2.75) is 90.4 Å². The van der Waals surface area contributed by atoms with Gasteiger partial charge in [-0.2, -0.15) is 0 Å². The zero-order valence-electron chi connectivity index (χ0n) is 15.3. The van der Waals surface area contributed by atoms with Gasteiger partial charge in [-0.05, 0) is 87.7 Å². The van der Waals surface area contributed by atoms with Gasteiger partial charge >= 0.3 is 0 Å². The predicted molar refractivity (Wildman–Crippen MR) is 95.7 cm³/mol. The van der Waals surface area contributed by atoms with E-state index in [1.165, 1.54) is 24.0 Å². The molecule has 0 bridgehead atoms. The molecule has 0 spiro atoms. The molecule has 0 aromatic heterocycles. The summed E-state index contributed by atoms with van der Waals surface area (Å²) < 4.78 is 12.0. The molecule has 2 aliphatic carbocycles. The molecular weight excluding hydrogens is 300 g/mol. The highest BCUT2D eigenvalue weighted by atomic mass is 16.7. The van der Waals surface area contributed by atoms with E-state index in [0.29, 0.717) is 0 Å². The highest BCUT2D eigenvalue weighted by Crippen LogP contribution is 2.44. The van der Waals surface area contributed by atoms with Crippen molar-refractivity contribution in [3.63, 3.8) is 0 Å². The third-order valence-corrected chi connectivity index (χ3v) is 6.18. The first-order valence-electron chi connectivity index (χ1n) is 9.74. The van der Waals surface area contributed by atoms with Gasteiger partial charge in [0.2, 0.25) is 0 Å². The van der Waals surface area contributed by atoms with Crippen molar-refractivity contribution in [1.29, 1.82) is 0 Å². The number of rotatable bonds is 6. The van der Waals surface area contributed by atoms with Crippen LogP contribution in [-0.4, -0.2) is 25.3 Å². The largest absolute Gasteiger partial charge is 0.353 e. The fourth-order valence-corrected chi connectivity index (χ4v) is 4.61. The van der Waals surface area contributed by atoms with Crippen LogP contribution in [0.4, 0.5) is 0 Å². The van der Waals surface area contributed by atoms with Crippen LogP contribution in [0, 0.1) is 5.41 Å². The Hall–Kier alpha value is -0.930. The molecule has 3 aliphatic rings. The highest BCUT2D eigenvalue weighted by Gasteiger charge is 2.34. The number of aldehydes is 1. The number of carbonyl (C=O) groups is 1. The molecule has 0 saturated carbocycles. The van der Waals surface area contributed by atoms with E-state index in [2.05, 4.69) is 19.9 Å². The first kappa shape index (κ1) is 17.9. The monoisotopic (exact) mass is 332 g/mol. The van der Waals surface area contributed by atoms with Crippen LogP contribution in [0.3, 0.4) is 0 Å². The Morgan fingerprint density at radius 3 is 2.96 bits per heavy atom. The molecule has 24 heavy (non-hydrogen) atoms. The lowest BCUT2D eigenvalue weighted by molar-refractivity contribution is -0.180. The molecule has 1 aliphatic heterocycles. The zero-order valence-corrected chi connectivity index (χ0v) is 15.3. The summed E-state index contributed by atoms with van der Waals surface area (Å²) in [5.41, 5.74) is 3.82. The number of carbonyl (C=O) groups excluding carboxylic acids is 1. The third-order valence-electron chi connectivity index (χ3n) is 6.18. The molecular formula is C21H32O3. The molecule has 3 heteroatoms. The van der Waals surface area contributed by atoms with E-state index >= 15 is 0 Å². The molecule has 0 N–H and O–H groups in total. The third kappa shape index (κ3) is 4.00. The van der Waals surface area contributed by atoms with Gasteiger partial charge in [0.15, 0.2) is 6.29 Å². The van der Waals surface area contributed by atoms with Crippen molar-refractivity contribution < 1.29 is 14.3 Å². The summed E-state index contributed by atoms with van der Waals surface area (Å²) in [5, 5.41) is 0. The fraction of sp³-hybridized carbons (Fsp3) is 0.762. The maximum absolute atomic E-state index is 11.6. The van der Waals surface area contributed by atoms with Crippen LogP contribution in [0.5, 0.6) is 0 Å². The zero-order chi connectivity index (χ0) is 17.0. The molecule has 0 unspecified atom stereocenters. The van der Waals surface area contributed by atoms with Crippen molar-refractivity contribution >= 4 is 6.29 Å².